The van der Waals surface area contributed by atoms with E-state index in [2.05, 4.69) is 36.9 Å². The van der Waals surface area contributed by atoms with Crippen LogP contribution >= 0.6 is 0 Å². The van der Waals surface area contributed by atoms with Gasteiger partial charge in [-0.05, 0) is 68.0 Å². The van der Waals surface area contributed by atoms with E-state index in [-0.39, 0.29) is 0 Å². The lowest BCUT2D eigenvalue weighted by Crippen LogP contribution is -2.40. The van der Waals surface area contributed by atoms with Crippen LogP contribution < -0.4 is 0 Å². The molecular weight excluding hydrogens is 356 g/mol. The van der Waals surface area contributed by atoms with Gasteiger partial charge in [0.05, 0.1) is 0 Å². The van der Waals surface area contributed by atoms with Gasteiger partial charge < -0.3 is 4.90 Å². The Balaban J connectivity index is 2.26. The van der Waals surface area contributed by atoms with Crippen molar-refractivity contribution in [3.8, 4) is 0 Å². The van der Waals surface area contributed by atoms with Crippen LogP contribution in [-0.2, 0) is 22.9 Å². The standard InChI is InChI=1S/C22H36N2O2S/c1-5-15-23(16-6-2)21-13-12-19-10-9-11-20(22(19)18-21)14-17-27(25,26)24(7-3)8-4/h9-11,14,17,21H,5-8,12-13,15-16,18H2,1-4H3. The van der Waals surface area contributed by atoms with Crippen molar-refractivity contribution in [2.24, 2.45) is 0 Å². The van der Waals surface area contributed by atoms with E-state index < -0.39 is 10.0 Å². The molecule has 0 saturated heterocycles. The molecule has 0 N–H and O–H groups in total. The summed E-state index contributed by atoms with van der Waals surface area (Å²) >= 11 is 0. The summed E-state index contributed by atoms with van der Waals surface area (Å²) in [5, 5.41) is 1.38. The van der Waals surface area contributed by atoms with E-state index in [0.29, 0.717) is 19.1 Å². The van der Waals surface area contributed by atoms with Crippen molar-refractivity contribution in [1.82, 2.24) is 9.21 Å². The van der Waals surface area contributed by atoms with E-state index in [1.807, 2.05) is 13.8 Å². The van der Waals surface area contributed by atoms with Gasteiger partial charge in [0.25, 0.3) is 0 Å². The first-order valence-electron chi connectivity index (χ1n) is 10.5. The molecule has 0 aromatic heterocycles. The highest BCUT2D eigenvalue weighted by Crippen LogP contribution is 2.28. The Kier molecular flexibility index (Phi) is 8.52. The Morgan fingerprint density at radius 2 is 1.74 bits per heavy atom. The number of hydrogen-bond donors (Lipinski definition) is 0. The van der Waals surface area contributed by atoms with Gasteiger partial charge >= 0.3 is 0 Å². The molecule has 0 bridgehead atoms. The molecule has 0 radical (unpaired) electrons. The number of fused-ring (bicyclic) bond motifs is 1. The van der Waals surface area contributed by atoms with Crippen LogP contribution in [0.25, 0.3) is 6.08 Å². The summed E-state index contributed by atoms with van der Waals surface area (Å²) in [6.07, 6.45) is 7.44. The molecule has 0 aliphatic heterocycles. The average Bonchev–Trinajstić information content (AvgIpc) is 2.66. The van der Waals surface area contributed by atoms with Gasteiger partial charge in [-0.2, -0.15) is 4.31 Å². The van der Waals surface area contributed by atoms with Crippen LogP contribution in [0.2, 0.25) is 0 Å². The van der Waals surface area contributed by atoms with E-state index in [9.17, 15) is 8.42 Å². The van der Waals surface area contributed by atoms with Crippen molar-refractivity contribution in [1.29, 1.82) is 0 Å². The lowest BCUT2D eigenvalue weighted by atomic mass is 9.84. The molecule has 5 heteroatoms. The molecule has 1 aliphatic rings. The van der Waals surface area contributed by atoms with E-state index in [1.165, 1.54) is 40.1 Å². The van der Waals surface area contributed by atoms with Crippen molar-refractivity contribution < 1.29 is 8.42 Å². The second kappa shape index (κ2) is 10.4. The number of sulfonamides is 1. The molecule has 27 heavy (non-hydrogen) atoms. The third-order valence-corrected chi connectivity index (χ3v) is 7.24. The Bertz CT molecular complexity index is 718. The van der Waals surface area contributed by atoms with Crippen molar-refractivity contribution >= 4 is 16.1 Å². The van der Waals surface area contributed by atoms with Crippen molar-refractivity contribution in [2.45, 2.75) is 65.8 Å². The maximum Gasteiger partial charge on any atom is 0.236 e. The largest absolute Gasteiger partial charge is 0.300 e. The topological polar surface area (TPSA) is 40.6 Å². The quantitative estimate of drug-likeness (QED) is 0.596. The first kappa shape index (κ1) is 22.1. The van der Waals surface area contributed by atoms with Crippen LogP contribution in [0, 0.1) is 0 Å². The van der Waals surface area contributed by atoms with Gasteiger partial charge in [-0.15, -0.1) is 0 Å². The van der Waals surface area contributed by atoms with Crippen LogP contribution in [-0.4, -0.2) is 49.8 Å². The highest BCUT2D eigenvalue weighted by molar-refractivity contribution is 7.92. The van der Waals surface area contributed by atoms with Gasteiger partial charge in [0, 0.05) is 24.5 Å². The smallest absolute Gasteiger partial charge is 0.236 e. The van der Waals surface area contributed by atoms with Crippen LogP contribution in [0.5, 0.6) is 0 Å². The summed E-state index contributed by atoms with van der Waals surface area (Å²) in [7, 11) is -3.35. The number of hydrogen-bond acceptors (Lipinski definition) is 3. The fourth-order valence-corrected chi connectivity index (χ4v) is 5.36. The summed E-state index contributed by atoms with van der Waals surface area (Å²) in [5.41, 5.74) is 3.76. The Labute approximate surface area is 166 Å². The Hall–Kier alpha value is -1.17. The van der Waals surface area contributed by atoms with E-state index in [4.69, 9.17) is 0 Å². The average molecular weight is 393 g/mol. The highest BCUT2D eigenvalue weighted by atomic mass is 32.2. The molecule has 0 amide bonds. The maximum absolute atomic E-state index is 12.5. The van der Waals surface area contributed by atoms with Gasteiger partial charge in [0.1, 0.15) is 0 Å². The third kappa shape index (κ3) is 5.66. The maximum atomic E-state index is 12.5. The minimum absolute atomic E-state index is 0.501. The fraction of sp³-hybridized carbons (Fsp3) is 0.636. The minimum Gasteiger partial charge on any atom is -0.300 e. The second-order valence-corrected chi connectivity index (χ2v) is 9.17. The lowest BCUT2D eigenvalue weighted by molar-refractivity contribution is 0.180. The predicted octanol–water partition coefficient (Wildman–Crippen LogP) is 4.31. The Morgan fingerprint density at radius 1 is 1.07 bits per heavy atom. The number of nitrogens with zero attached hydrogens (tertiary/aromatic N) is 2. The SMILES string of the molecule is CCCN(CCC)C1CCc2cccc(C=CS(=O)(=O)N(CC)CC)c2C1. The molecule has 1 aromatic rings. The van der Waals surface area contributed by atoms with Crippen molar-refractivity contribution in [2.75, 3.05) is 26.2 Å². The van der Waals surface area contributed by atoms with E-state index >= 15 is 0 Å². The third-order valence-electron chi connectivity index (χ3n) is 5.52. The monoisotopic (exact) mass is 392 g/mol. The summed E-state index contributed by atoms with van der Waals surface area (Å²) in [6, 6.07) is 6.87. The van der Waals surface area contributed by atoms with Gasteiger partial charge in [-0.25, -0.2) is 8.42 Å². The molecular formula is C22H36N2O2S. The second-order valence-electron chi connectivity index (χ2n) is 7.35. The molecule has 1 aliphatic carbocycles. The summed E-state index contributed by atoms with van der Waals surface area (Å²) in [4.78, 5) is 2.62. The minimum atomic E-state index is -3.35. The fourth-order valence-electron chi connectivity index (χ4n) is 4.15. The van der Waals surface area contributed by atoms with Crippen LogP contribution in [0.4, 0.5) is 0 Å². The van der Waals surface area contributed by atoms with Gasteiger partial charge in [-0.1, -0.05) is 45.9 Å². The predicted molar refractivity (Wildman–Crippen MR) is 115 cm³/mol. The molecule has 1 atom stereocenters. The zero-order chi connectivity index (χ0) is 19.9. The van der Waals surface area contributed by atoms with Gasteiger partial charge in [-0.3, -0.25) is 0 Å². The van der Waals surface area contributed by atoms with Gasteiger partial charge in [0.15, 0.2) is 0 Å². The number of benzene rings is 1. The van der Waals surface area contributed by atoms with Crippen LogP contribution in [0.1, 0.15) is 63.6 Å². The zero-order valence-corrected chi connectivity index (χ0v) is 18.3. The first-order valence-corrected chi connectivity index (χ1v) is 12.0. The van der Waals surface area contributed by atoms with Crippen molar-refractivity contribution in [3.05, 3.63) is 40.3 Å². The van der Waals surface area contributed by atoms with Crippen LogP contribution in [0.3, 0.4) is 0 Å². The molecule has 0 fully saturated rings. The van der Waals surface area contributed by atoms with Crippen molar-refractivity contribution in [3.63, 3.8) is 0 Å². The normalized spacial score (nSPS) is 17.8. The molecule has 0 spiro atoms. The van der Waals surface area contributed by atoms with E-state index in [1.54, 1.807) is 6.08 Å². The molecule has 1 aromatic carbocycles. The lowest BCUT2D eigenvalue weighted by Gasteiger charge is -2.35. The number of rotatable bonds is 10. The van der Waals surface area contributed by atoms with E-state index in [0.717, 1.165) is 31.5 Å². The molecule has 2 rings (SSSR count). The highest BCUT2D eigenvalue weighted by Gasteiger charge is 2.25. The number of aryl methyl sites for hydroxylation is 1. The summed E-state index contributed by atoms with van der Waals surface area (Å²) < 4.78 is 26.5. The summed E-state index contributed by atoms with van der Waals surface area (Å²) in [5.74, 6) is 0. The Morgan fingerprint density at radius 3 is 2.33 bits per heavy atom. The summed E-state index contributed by atoms with van der Waals surface area (Å²) in [6.45, 7) is 11.5. The molecule has 4 nitrogen and oxygen atoms in total. The van der Waals surface area contributed by atoms with Crippen LogP contribution in [0.15, 0.2) is 23.6 Å². The molecule has 0 saturated carbocycles. The zero-order valence-electron chi connectivity index (χ0n) is 17.4. The van der Waals surface area contributed by atoms with Gasteiger partial charge in [0.2, 0.25) is 10.0 Å². The molecule has 152 valence electrons. The molecule has 1 unspecified atom stereocenters. The first-order chi connectivity index (χ1) is 13.0. The molecule has 0 heterocycles.